The number of hydrogen-bond donors (Lipinski definition) is 1. The van der Waals surface area contributed by atoms with Crippen LogP contribution in [0.5, 0.6) is 0 Å². The first-order chi connectivity index (χ1) is 22.8. The predicted octanol–water partition coefficient (Wildman–Crippen LogP) is 7.06. The molecule has 0 aliphatic rings. The van der Waals surface area contributed by atoms with E-state index in [1.807, 2.05) is 71.6 Å². The zero-order valence-corrected chi connectivity index (χ0v) is 27.5. The van der Waals surface area contributed by atoms with E-state index in [4.69, 9.17) is 9.68 Å². The van der Waals surface area contributed by atoms with Gasteiger partial charge in [0.15, 0.2) is 5.78 Å². The van der Waals surface area contributed by atoms with Gasteiger partial charge in [-0.2, -0.15) is 0 Å². The summed E-state index contributed by atoms with van der Waals surface area (Å²) in [7, 11) is 0. The minimum absolute atomic E-state index is 0.0170. The minimum atomic E-state index is -1.40. The Morgan fingerprint density at radius 3 is 1.50 bits per heavy atom. The van der Waals surface area contributed by atoms with Gasteiger partial charge in [-0.15, -0.1) is 0 Å². The van der Waals surface area contributed by atoms with Gasteiger partial charge in [-0.05, 0) is 74.9 Å². The number of aliphatic hydroxyl groups is 1. The molecule has 0 atom stereocenters. The molecular formula is C38H37N3O7. The molecule has 48 heavy (non-hydrogen) atoms. The topological polar surface area (TPSA) is 135 Å². The fourth-order valence-corrected chi connectivity index (χ4v) is 4.82. The van der Waals surface area contributed by atoms with Gasteiger partial charge in [0.2, 0.25) is 0 Å². The van der Waals surface area contributed by atoms with Crippen LogP contribution in [0, 0.1) is 0 Å². The summed E-state index contributed by atoms with van der Waals surface area (Å²) in [5, 5.41) is 18.6. The Labute approximate surface area is 279 Å². The van der Waals surface area contributed by atoms with Crippen LogP contribution in [0.15, 0.2) is 113 Å². The predicted molar refractivity (Wildman–Crippen MR) is 184 cm³/mol. The minimum Gasteiger partial charge on any atom is -0.384 e. The van der Waals surface area contributed by atoms with Crippen molar-refractivity contribution in [3.8, 4) is 0 Å². The average Bonchev–Trinajstić information content (AvgIpc) is 3.05. The van der Waals surface area contributed by atoms with Crippen molar-refractivity contribution in [2.45, 2.75) is 53.1 Å². The van der Waals surface area contributed by atoms with E-state index in [1.54, 1.807) is 50.2 Å². The molecule has 10 heteroatoms. The number of carbonyl (C=O) groups is 4. The molecular weight excluding hydrogens is 610 g/mol. The summed E-state index contributed by atoms with van der Waals surface area (Å²) in [5.74, 6) is -1.30. The van der Waals surface area contributed by atoms with E-state index in [0.717, 1.165) is 17.1 Å². The van der Waals surface area contributed by atoms with Gasteiger partial charge in [-0.25, -0.2) is 9.59 Å². The molecule has 0 bridgehead atoms. The highest BCUT2D eigenvalue weighted by Crippen LogP contribution is 2.35. The number of oxime groups is 2. The maximum Gasteiger partial charge on any atom is 0.331 e. The summed E-state index contributed by atoms with van der Waals surface area (Å²) >= 11 is 0. The molecule has 0 radical (unpaired) electrons. The van der Waals surface area contributed by atoms with Gasteiger partial charge in [0.1, 0.15) is 17.1 Å². The van der Waals surface area contributed by atoms with Crippen molar-refractivity contribution in [3.05, 3.63) is 125 Å². The van der Waals surface area contributed by atoms with Crippen LogP contribution in [0.3, 0.4) is 0 Å². The van der Waals surface area contributed by atoms with Gasteiger partial charge in [-0.3, -0.25) is 4.79 Å². The second-order valence-corrected chi connectivity index (χ2v) is 11.6. The highest BCUT2D eigenvalue weighted by molar-refractivity contribution is 6.09. The molecule has 0 amide bonds. The van der Waals surface area contributed by atoms with Gasteiger partial charge in [0, 0.05) is 60.4 Å². The standard InChI is InChI=1S/C38H37N3O7/c1-25(42)11-24-35(39-47-26(2)43)28-12-18-32(19-13-28)41(33-20-14-30(15-21-33)36(45)29-9-7-6-8-10-29)34-22-16-31(17-23-34)37(38(4,5)46)40-48-27(3)44/h6-10,12-23,46H,11,24H2,1-5H3/b39-35?,40-37-. The molecule has 0 aliphatic carbocycles. The lowest BCUT2D eigenvalue weighted by atomic mass is 9.95. The summed E-state index contributed by atoms with van der Waals surface area (Å²) in [4.78, 5) is 59.4. The number of anilines is 3. The van der Waals surface area contributed by atoms with Crippen molar-refractivity contribution >= 4 is 52.0 Å². The van der Waals surface area contributed by atoms with E-state index in [-0.39, 0.29) is 23.7 Å². The second kappa shape index (κ2) is 15.7. The van der Waals surface area contributed by atoms with Crippen LogP contribution in [0.25, 0.3) is 0 Å². The van der Waals surface area contributed by atoms with Crippen LogP contribution < -0.4 is 4.90 Å². The highest BCUT2D eigenvalue weighted by Gasteiger charge is 2.25. The van der Waals surface area contributed by atoms with Crippen molar-refractivity contribution in [1.82, 2.24) is 0 Å². The molecule has 0 saturated heterocycles. The summed E-state index contributed by atoms with van der Waals surface area (Å²) < 4.78 is 0. The molecule has 0 fully saturated rings. The van der Waals surface area contributed by atoms with Crippen LogP contribution in [-0.2, 0) is 24.1 Å². The van der Waals surface area contributed by atoms with Gasteiger partial charge in [-0.1, -0.05) is 64.9 Å². The largest absolute Gasteiger partial charge is 0.384 e. The number of carbonyl (C=O) groups excluding carboxylic acids is 4. The van der Waals surface area contributed by atoms with Crippen LogP contribution in [0.2, 0.25) is 0 Å². The van der Waals surface area contributed by atoms with Crippen molar-refractivity contribution in [3.63, 3.8) is 0 Å². The Bertz CT molecular complexity index is 1820. The average molecular weight is 648 g/mol. The van der Waals surface area contributed by atoms with Crippen LogP contribution in [-0.4, -0.2) is 45.6 Å². The molecule has 4 aromatic rings. The van der Waals surface area contributed by atoms with Crippen molar-refractivity contribution < 1.29 is 34.0 Å². The fourth-order valence-electron chi connectivity index (χ4n) is 4.82. The number of ketones is 2. The summed E-state index contributed by atoms with van der Waals surface area (Å²) in [6, 6.07) is 30.8. The first kappa shape index (κ1) is 35.1. The lowest BCUT2D eigenvalue weighted by Crippen LogP contribution is -2.32. The molecule has 4 aromatic carbocycles. The molecule has 4 rings (SSSR count). The summed E-state index contributed by atoms with van der Waals surface area (Å²) in [5.41, 5.74) is 3.81. The van der Waals surface area contributed by atoms with Gasteiger partial charge < -0.3 is 24.5 Å². The molecule has 0 heterocycles. The first-order valence-corrected chi connectivity index (χ1v) is 15.3. The van der Waals surface area contributed by atoms with Crippen LogP contribution in [0.4, 0.5) is 17.1 Å². The Hall–Kier alpha value is -5.74. The number of rotatable bonds is 13. The number of Topliss-reactive ketones (excluding diaryl/α,β-unsaturated/α-hetero) is 1. The Morgan fingerprint density at radius 1 is 0.604 bits per heavy atom. The third kappa shape index (κ3) is 9.40. The second-order valence-electron chi connectivity index (χ2n) is 11.6. The maximum absolute atomic E-state index is 13.1. The van der Waals surface area contributed by atoms with Crippen molar-refractivity contribution in [2.75, 3.05) is 4.90 Å². The summed E-state index contributed by atoms with van der Waals surface area (Å²) in [6.45, 7) is 7.06. The van der Waals surface area contributed by atoms with E-state index in [2.05, 4.69) is 10.3 Å². The van der Waals surface area contributed by atoms with E-state index in [9.17, 15) is 24.3 Å². The van der Waals surface area contributed by atoms with E-state index in [0.29, 0.717) is 34.4 Å². The number of hydrogen-bond acceptors (Lipinski definition) is 10. The fraction of sp³-hybridized carbons (Fsp3) is 0.211. The van der Waals surface area contributed by atoms with Crippen LogP contribution >= 0.6 is 0 Å². The molecule has 10 nitrogen and oxygen atoms in total. The smallest absolute Gasteiger partial charge is 0.331 e. The lowest BCUT2D eigenvalue weighted by Gasteiger charge is -2.26. The number of benzene rings is 4. The van der Waals surface area contributed by atoms with E-state index >= 15 is 0 Å². The zero-order chi connectivity index (χ0) is 34.8. The third-order valence-electron chi connectivity index (χ3n) is 7.12. The Morgan fingerprint density at radius 2 is 1.04 bits per heavy atom. The molecule has 0 saturated carbocycles. The van der Waals surface area contributed by atoms with Gasteiger partial charge in [0.05, 0.1) is 5.71 Å². The Kier molecular flexibility index (Phi) is 11.5. The summed E-state index contributed by atoms with van der Waals surface area (Å²) in [6.07, 6.45) is 0.532. The van der Waals surface area contributed by atoms with E-state index < -0.39 is 17.5 Å². The third-order valence-corrected chi connectivity index (χ3v) is 7.12. The van der Waals surface area contributed by atoms with Crippen LogP contribution in [0.1, 0.15) is 74.5 Å². The SMILES string of the molecule is CC(=O)CCC(=NOC(C)=O)c1ccc(N(c2ccc(C(=O)c3ccccc3)cc2)c2ccc(/C(=N/OC(C)=O)C(C)(C)O)cc2)cc1. The molecule has 0 aliphatic heterocycles. The lowest BCUT2D eigenvalue weighted by molar-refractivity contribution is -0.141. The monoisotopic (exact) mass is 647 g/mol. The first-order valence-electron chi connectivity index (χ1n) is 15.3. The van der Waals surface area contributed by atoms with Crippen molar-refractivity contribution in [1.29, 1.82) is 0 Å². The number of nitrogens with zero attached hydrogens (tertiary/aromatic N) is 3. The Balaban J connectivity index is 1.76. The quantitative estimate of drug-likeness (QED) is 0.0705. The van der Waals surface area contributed by atoms with Crippen molar-refractivity contribution in [2.24, 2.45) is 10.3 Å². The highest BCUT2D eigenvalue weighted by atomic mass is 16.7. The molecule has 0 aromatic heterocycles. The van der Waals surface area contributed by atoms with Gasteiger partial charge in [0.25, 0.3) is 0 Å². The zero-order valence-electron chi connectivity index (χ0n) is 27.5. The maximum atomic E-state index is 13.1. The van der Waals surface area contributed by atoms with Gasteiger partial charge >= 0.3 is 11.9 Å². The normalized spacial score (nSPS) is 11.9. The van der Waals surface area contributed by atoms with E-state index in [1.165, 1.54) is 20.8 Å². The molecule has 0 spiro atoms. The molecule has 0 unspecified atom stereocenters. The molecule has 246 valence electrons. The molecule has 1 N–H and O–H groups in total.